The van der Waals surface area contributed by atoms with Crippen LogP contribution in [-0.4, -0.2) is 44.4 Å². The molecule has 1 aliphatic rings. The summed E-state index contributed by atoms with van der Waals surface area (Å²) in [6.07, 6.45) is 4.89. The van der Waals surface area contributed by atoms with Gasteiger partial charge in [-0.1, -0.05) is 23.9 Å². The molecule has 3 rings (SSSR count). The molecule has 0 unspecified atom stereocenters. The second kappa shape index (κ2) is 8.04. The van der Waals surface area contributed by atoms with Crippen molar-refractivity contribution in [1.29, 1.82) is 0 Å². The monoisotopic (exact) mass is 358 g/mol. The minimum Gasteiger partial charge on any atom is -0.343 e. The Hall–Kier alpha value is -1.82. The minimum atomic E-state index is 0.147. The molecule has 0 saturated heterocycles. The lowest BCUT2D eigenvalue weighted by Crippen LogP contribution is -2.31. The molecule has 1 aliphatic carbocycles. The van der Waals surface area contributed by atoms with Gasteiger partial charge >= 0.3 is 0 Å². The van der Waals surface area contributed by atoms with Gasteiger partial charge in [0.1, 0.15) is 0 Å². The summed E-state index contributed by atoms with van der Waals surface area (Å²) in [4.78, 5) is 14.0. The normalized spacial score (nSPS) is 13.6. The Labute approximate surface area is 153 Å². The number of nitrogens with zero attached hydrogens (tertiary/aromatic N) is 4. The molecule has 0 radical (unpaired) electrons. The van der Waals surface area contributed by atoms with E-state index in [9.17, 15) is 4.79 Å². The molecule has 0 atom stereocenters. The van der Waals surface area contributed by atoms with Gasteiger partial charge in [-0.2, -0.15) is 0 Å². The Kier molecular flexibility index (Phi) is 5.78. The molecule has 6 heteroatoms. The van der Waals surface area contributed by atoms with E-state index in [1.165, 1.54) is 42.2 Å². The molecule has 0 fully saturated rings. The summed E-state index contributed by atoms with van der Waals surface area (Å²) in [5, 5.41) is 9.44. The Morgan fingerprint density at radius 3 is 2.60 bits per heavy atom. The Bertz CT molecular complexity index is 752. The topological polar surface area (TPSA) is 51.0 Å². The van der Waals surface area contributed by atoms with Crippen LogP contribution in [0.25, 0.3) is 11.4 Å². The predicted octanol–water partition coefficient (Wildman–Crippen LogP) is 3.32. The first-order valence-corrected chi connectivity index (χ1v) is 10.0. The van der Waals surface area contributed by atoms with Crippen LogP contribution < -0.4 is 0 Å². The number of benzene rings is 1. The van der Waals surface area contributed by atoms with Gasteiger partial charge in [0.05, 0.1) is 5.75 Å². The zero-order chi connectivity index (χ0) is 17.8. The number of carbonyl (C=O) groups is 1. The zero-order valence-electron chi connectivity index (χ0n) is 15.3. The van der Waals surface area contributed by atoms with Crippen molar-refractivity contribution in [3.8, 4) is 11.4 Å². The fourth-order valence-corrected chi connectivity index (χ4v) is 4.17. The van der Waals surface area contributed by atoms with Gasteiger partial charge in [-0.15, -0.1) is 10.2 Å². The molecule has 0 saturated carbocycles. The molecule has 2 aromatic rings. The Morgan fingerprint density at radius 2 is 1.88 bits per heavy atom. The third-order valence-corrected chi connectivity index (χ3v) is 5.89. The number of aromatic nitrogens is 3. The van der Waals surface area contributed by atoms with E-state index >= 15 is 0 Å². The van der Waals surface area contributed by atoms with Gasteiger partial charge in [0.15, 0.2) is 11.0 Å². The van der Waals surface area contributed by atoms with Crippen LogP contribution in [0, 0.1) is 0 Å². The van der Waals surface area contributed by atoms with E-state index < -0.39 is 0 Å². The summed E-state index contributed by atoms with van der Waals surface area (Å²) >= 11 is 1.46. The third-order valence-electron chi connectivity index (χ3n) is 4.88. The van der Waals surface area contributed by atoms with Gasteiger partial charge in [0, 0.05) is 25.7 Å². The molecule has 5 nitrogen and oxygen atoms in total. The summed E-state index contributed by atoms with van der Waals surface area (Å²) in [5.74, 6) is 1.41. The lowest BCUT2D eigenvalue weighted by atomic mass is 9.90. The van der Waals surface area contributed by atoms with Crippen molar-refractivity contribution in [2.75, 3.05) is 18.8 Å². The van der Waals surface area contributed by atoms with E-state index in [0.717, 1.165) is 36.1 Å². The SMILES string of the molecule is CCN(CC)C(=O)CSc1nnc(-c2ccc3c(c2)CCCC3)n1C. The second-order valence-corrected chi connectivity index (χ2v) is 7.35. The van der Waals surface area contributed by atoms with Crippen molar-refractivity contribution < 1.29 is 4.79 Å². The molecule has 1 amide bonds. The maximum atomic E-state index is 12.2. The van der Waals surface area contributed by atoms with Crippen LogP contribution in [0.4, 0.5) is 0 Å². The van der Waals surface area contributed by atoms with Crippen LogP contribution in [0.2, 0.25) is 0 Å². The van der Waals surface area contributed by atoms with Crippen LogP contribution in [0.3, 0.4) is 0 Å². The molecule has 1 aromatic carbocycles. The van der Waals surface area contributed by atoms with Gasteiger partial charge in [-0.25, -0.2) is 0 Å². The maximum absolute atomic E-state index is 12.2. The third kappa shape index (κ3) is 3.89. The molecule has 25 heavy (non-hydrogen) atoms. The molecule has 134 valence electrons. The number of thioether (sulfide) groups is 1. The average Bonchev–Trinajstić information content (AvgIpc) is 3.01. The molecule has 0 bridgehead atoms. The van der Waals surface area contributed by atoms with Gasteiger partial charge in [0.25, 0.3) is 0 Å². The number of rotatable bonds is 6. The van der Waals surface area contributed by atoms with Crippen molar-refractivity contribution in [3.05, 3.63) is 29.3 Å². The molecule has 0 spiro atoms. The first kappa shape index (κ1) is 18.0. The number of hydrogen-bond donors (Lipinski definition) is 0. The van der Waals surface area contributed by atoms with E-state index in [2.05, 4.69) is 28.4 Å². The van der Waals surface area contributed by atoms with E-state index in [4.69, 9.17) is 0 Å². The molecular formula is C19H26N4OS. The van der Waals surface area contributed by atoms with Crippen molar-refractivity contribution in [2.45, 2.75) is 44.7 Å². The summed E-state index contributed by atoms with van der Waals surface area (Å²) in [6, 6.07) is 6.63. The Balaban J connectivity index is 1.74. The predicted molar refractivity (Wildman–Crippen MR) is 102 cm³/mol. The molecule has 0 N–H and O–H groups in total. The van der Waals surface area contributed by atoms with Crippen LogP contribution >= 0.6 is 11.8 Å². The summed E-state index contributed by atoms with van der Waals surface area (Å²) < 4.78 is 1.99. The largest absolute Gasteiger partial charge is 0.343 e. The van der Waals surface area contributed by atoms with Crippen molar-refractivity contribution in [3.63, 3.8) is 0 Å². The van der Waals surface area contributed by atoms with Crippen LogP contribution in [0.1, 0.15) is 37.8 Å². The number of amides is 1. The lowest BCUT2D eigenvalue weighted by Gasteiger charge is -2.18. The average molecular weight is 359 g/mol. The number of fused-ring (bicyclic) bond motifs is 1. The highest BCUT2D eigenvalue weighted by atomic mass is 32.2. The molecule has 0 aliphatic heterocycles. The van der Waals surface area contributed by atoms with E-state index in [1.807, 2.05) is 30.4 Å². The highest BCUT2D eigenvalue weighted by Gasteiger charge is 2.17. The van der Waals surface area contributed by atoms with Gasteiger partial charge in [-0.05, 0) is 56.7 Å². The highest BCUT2D eigenvalue weighted by Crippen LogP contribution is 2.28. The fourth-order valence-electron chi connectivity index (χ4n) is 3.36. The summed E-state index contributed by atoms with van der Waals surface area (Å²) in [5.41, 5.74) is 4.02. The fraction of sp³-hybridized carbons (Fsp3) is 0.526. The van der Waals surface area contributed by atoms with E-state index in [0.29, 0.717) is 5.75 Å². The van der Waals surface area contributed by atoms with Gasteiger partial charge in [0.2, 0.25) is 5.91 Å². The van der Waals surface area contributed by atoms with E-state index in [-0.39, 0.29) is 5.91 Å². The van der Waals surface area contributed by atoms with Crippen LogP contribution in [-0.2, 0) is 24.7 Å². The molecule has 1 heterocycles. The minimum absolute atomic E-state index is 0.147. The number of carbonyl (C=O) groups excluding carboxylic acids is 1. The van der Waals surface area contributed by atoms with Gasteiger partial charge < -0.3 is 9.47 Å². The number of hydrogen-bond acceptors (Lipinski definition) is 4. The zero-order valence-corrected chi connectivity index (χ0v) is 16.1. The quantitative estimate of drug-likeness (QED) is 0.743. The Morgan fingerprint density at radius 1 is 1.16 bits per heavy atom. The lowest BCUT2D eigenvalue weighted by molar-refractivity contribution is -0.127. The first-order chi connectivity index (χ1) is 12.1. The number of aryl methyl sites for hydroxylation is 2. The summed E-state index contributed by atoms with van der Waals surface area (Å²) in [7, 11) is 1.97. The van der Waals surface area contributed by atoms with Crippen molar-refractivity contribution in [1.82, 2.24) is 19.7 Å². The van der Waals surface area contributed by atoms with E-state index in [1.54, 1.807) is 0 Å². The summed E-state index contributed by atoms with van der Waals surface area (Å²) in [6.45, 7) is 5.50. The standard InChI is InChI=1S/C19H26N4OS/c1-4-23(5-2)17(24)13-25-19-21-20-18(22(19)3)16-11-10-14-8-6-7-9-15(14)12-16/h10-12H,4-9,13H2,1-3H3. The maximum Gasteiger partial charge on any atom is 0.233 e. The first-order valence-electron chi connectivity index (χ1n) is 9.06. The molecule has 1 aromatic heterocycles. The van der Waals surface area contributed by atoms with Crippen molar-refractivity contribution in [2.24, 2.45) is 7.05 Å². The molecular weight excluding hydrogens is 332 g/mol. The smallest absolute Gasteiger partial charge is 0.233 e. The highest BCUT2D eigenvalue weighted by molar-refractivity contribution is 7.99. The van der Waals surface area contributed by atoms with Crippen molar-refractivity contribution >= 4 is 17.7 Å². The van der Waals surface area contributed by atoms with Crippen LogP contribution in [0.15, 0.2) is 23.4 Å². The second-order valence-electron chi connectivity index (χ2n) is 6.41. The van der Waals surface area contributed by atoms with Gasteiger partial charge in [-0.3, -0.25) is 4.79 Å². The van der Waals surface area contributed by atoms with Crippen LogP contribution in [0.5, 0.6) is 0 Å².